The molecule has 0 saturated heterocycles. The van der Waals surface area contributed by atoms with Crippen molar-refractivity contribution in [2.75, 3.05) is 6.54 Å². The number of hydrogen-bond donors (Lipinski definition) is 1. The third-order valence-electron chi connectivity index (χ3n) is 3.49. The molecule has 1 aliphatic rings. The molecule has 0 spiro atoms. The van der Waals surface area contributed by atoms with Crippen molar-refractivity contribution in [1.82, 2.24) is 0 Å². The van der Waals surface area contributed by atoms with Crippen LogP contribution in [-0.4, -0.2) is 12.6 Å². The first-order valence-corrected chi connectivity index (χ1v) is 7.97. The minimum atomic E-state index is 0.0665. The molecule has 96 valence electrons. The first-order valence-electron chi connectivity index (χ1n) is 6.30. The minimum Gasteiger partial charge on any atom is -0.368 e. The van der Waals surface area contributed by atoms with Gasteiger partial charge in [0.2, 0.25) is 0 Å². The highest BCUT2D eigenvalue weighted by molar-refractivity contribution is 9.10. The van der Waals surface area contributed by atoms with E-state index < -0.39 is 0 Å². The molecule has 2 rings (SSSR count). The lowest BCUT2D eigenvalue weighted by atomic mass is 9.88. The van der Waals surface area contributed by atoms with Crippen LogP contribution in [0.5, 0.6) is 0 Å². The fraction of sp³-hybridized carbons (Fsp3) is 0.692. The van der Waals surface area contributed by atoms with Gasteiger partial charge in [-0.3, -0.25) is 0 Å². The van der Waals surface area contributed by atoms with Crippen LogP contribution in [0.15, 0.2) is 15.9 Å². The second-order valence-electron chi connectivity index (χ2n) is 4.83. The average molecular weight is 318 g/mol. The number of nitrogens with two attached hydrogens (primary N) is 1. The van der Waals surface area contributed by atoms with Crippen LogP contribution in [0.2, 0.25) is 0 Å². The van der Waals surface area contributed by atoms with E-state index in [0.717, 1.165) is 4.47 Å². The summed E-state index contributed by atoms with van der Waals surface area (Å²) >= 11 is 5.20. The minimum absolute atomic E-state index is 0.0665. The Balaban J connectivity index is 1.99. The molecule has 0 bridgehead atoms. The Hall–Kier alpha value is 0.1000. The lowest BCUT2D eigenvalue weighted by molar-refractivity contribution is -0.0519. The number of rotatable bonds is 4. The Kier molecular flexibility index (Phi) is 5.03. The lowest BCUT2D eigenvalue weighted by Crippen LogP contribution is -2.29. The summed E-state index contributed by atoms with van der Waals surface area (Å²) in [4.78, 5) is 1.23. The van der Waals surface area contributed by atoms with Gasteiger partial charge >= 0.3 is 0 Å². The summed E-state index contributed by atoms with van der Waals surface area (Å²) in [6, 6.07) is 2.12. The van der Waals surface area contributed by atoms with E-state index in [1.54, 1.807) is 11.3 Å². The van der Waals surface area contributed by atoms with Gasteiger partial charge in [0.1, 0.15) is 6.10 Å². The summed E-state index contributed by atoms with van der Waals surface area (Å²) in [5.41, 5.74) is 5.84. The van der Waals surface area contributed by atoms with Crippen LogP contribution in [0.3, 0.4) is 0 Å². The molecular weight excluding hydrogens is 298 g/mol. The summed E-state index contributed by atoms with van der Waals surface area (Å²) < 4.78 is 7.34. The Morgan fingerprint density at radius 3 is 2.88 bits per heavy atom. The van der Waals surface area contributed by atoms with Gasteiger partial charge in [-0.25, -0.2) is 0 Å². The number of halogens is 1. The quantitative estimate of drug-likeness (QED) is 0.907. The molecule has 0 amide bonds. The number of hydrogen-bond acceptors (Lipinski definition) is 3. The van der Waals surface area contributed by atoms with Crippen molar-refractivity contribution in [2.24, 2.45) is 11.7 Å². The molecule has 1 aromatic rings. The highest BCUT2D eigenvalue weighted by Gasteiger charge is 2.25. The van der Waals surface area contributed by atoms with E-state index in [-0.39, 0.29) is 6.10 Å². The van der Waals surface area contributed by atoms with E-state index in [1.165, 1.54) is 30.6 Å². The third-order valence-corrected chi connectivity index (χ3v) is 5.28. The molecule has 3 unspecified atom stereocenters. The molecule has 0 aromatic carbocycles. The molecule has 2 N–H and O–H groups in total. The summed E-state index contributed by atoms with van der Waals surface area (Å²) in [5.74, 6) is 0.668. The van der Waals surface area contributed by atoms with E-state index >= 15 is 0 Å². The van der Waals surface area contributed by atoms with E-state index in [2.05, 4.69) is 34.3 Å². The lowest BCUT2D eigenvalue weighted by Gasteiger charge is -2.31. The average Bonchev–Trinajstić information content (AvgIpc) is 2.75. The first kappa shape index (κ1) is 13.5. The Bertz CT molecular complexity index is 355. The molecule has 4 heteroatoms. The maximum Gasteiger partial charge on any atom is 0.104 e. The fourth-order valence-corrected chi connectivity index (χ4v) is 3.93. The highest BCUT2D eigenvalue weighted by Crippen LogP contribution is 2.33. The van der Waals surface area contributed by atoms with Crippen LogP contribution in [0, 0.1) is 5.92 Å². The third kappa shape index (κ3) is 3.53. The van der Waals surface area contributed by atoms with E-state index in [9.17, 15) is 0 Å². The molecule has 3 atom stereocenters. The maximum absolute atomic E-state index is 6.22. The Labute approximate surface area is 116 Å². The second-order valence-corrected chi connectivity index (χ2v) is 6.69. The van der Waals surface area contributed by atoms with Crippen molar-refractivity contribution >= 4 is 27.3 Å². The smallest absolute Gasteiger partial charge is 0.104 e. The van der Waals surface area contributed by atoms with Crippen molar-refractivity contribution in [3.05, 3.63) is 20.8 Å². The van der Waals surface area contributed by atoms with Crippen molar-refractivity contribution in [3.8, 4) is 0 Å². The molecular formula is C13H20BrNOS. The topological polar surface area (TPSA) is 35.2 Å². The van der Waals surface area contributed by atoms with Gasteiger partial charge in [-0.05, 0) is 40.8 Å². The van der Waals surface area contributed by atoms with Crippen molar-refractivity contribution in [2.45, 2.75) is 44.8 Å². The zero-order valence-electron chi connectivity index (χ0n) is 10.2. The molecule has 1 heterocycles. The molecule has 0 radical (unpaired) electrons. The maximum atomic E-state index is 6.22. The van der Waals surface area contributed by atoms with Gasteiger partial charge in [0.15, 0.2) is 0 Å². The van der Waals surface area contributed by atoms with Gasteiger partial charge in [0, 0.05) is 21.3 Å². The normalized spacial score (nSPS) is 27.0. The van der Waals surface area contributed by atoms with Gasteiger partial charge in [0.05, 0.1) is 6.10 Å². The Morgan fingerprint density at radius 1 is 1.53 bits per heavy atom. The van der Waals surface area contributed by atoms with Crippen molar-refractivity contribution < 1.29 is 4.74 Å². The fourth-order valence-electron chi connectivity index (χ4n) is 2.43. The Morgan fingerprint density at radius 2 is 2.29 bits per heavy atom. The van der Waals surface area contributed by atoms with Crippen LogP contribution in [0.1, 0.15) is 43.6 Å². The van der Waals surface area contributed by atoms with Gasteiger partial charge in [-0.1, -0.05) is 19.8 Å². The standard InChI is InChI=1S/C13H20BrNOS/c1-9-4-2-3-5-11(9)16-12(7-15)13-6-10(14)8-17-13/h6,8-9,11-12H,2-5,7,15H2,1H3. The van der Waals surface area contributed by atoms with Gasteiger partial charge in [-0.2, -0.15) is 0 Å². The van der Waals surface area contributed by atoms with Crippen molar-refractivity contribution in [1.29, 1.82) is 0 Å². The van der Waals surface area contributed by atoms with Crippen LogP contribution in [-0.2, 0) is 4.74 Å². The summed E-state index contributed by atoms with van der Waals surface area (Å²) in [5, 5.41) is 2.09. The molecule has 17 heavy (non-hydrogen) atoms. The monoisotopic (exact) mass is 317 g/mol. The predicted octanol–water partition coefficient (Wildman–Crippen LogP) is 4.11. The number of thiophene rings is 1. The molecule has 2 nitrogen and oxygen atoms in total. The first-order chi connectivity index (χ1) is 8.20. The van der Waals surface area contributed by atoms with Gasteiger partial charge < -0.3 is 10.5 Å². The van der Waals surface area contributed by atoms with E-state index in [4.69, 9.17) is 10.5 Å². The van der Waals surface area contributed by atoms with Crippen LogP contribution < -0.4 is 5.73 Å². The summed E-state index contributed by atoms with van der Waals surface area (Å²) in [6.07, 6.45) is 5.56. The number of ether oxygens (including phenoxy) is 1. The SMILES string of the molecule is CC1CCCCC1OC(CN)c1cc(Br)cs1. The molecule has 0 aliphatic heterocycles. The summed E-state index contributed by atoms with van der Waals surface area (Å²) in [7, 11) is 0. The van der Waals surface area contributed by atoms with Crippen LogP contribution in [0.4, 0.5) is 0 Å². The predicted molar refractivity (Wildman–Crippen MR) is 76.3 cm³/mol. The van der Waals surface area contributed by atoms with Gasteiger partial charge in [-0.15, -0.1) is 11.3 Å². The van der Waals surface area contributed by atoms with Gasteiger partial charge in [0.25, 0.3) is 0 Å². The summed E-state index contributed by atoms with van der Waals surface area (Å²) in [6.45, 7) is 2.86. The molecule has 1 saturated carbocycles. The highest BCUT2D eigenvalue weighted by atomic mass is 79.9. The van der Waals surface area contributed by atoms with Crippen molar-refractivity contribution in [3.63, 3.8) is 0 Å². The second kappa shape index (κ2) is 6.32. The zero-order chi connectivity index (χ0) is 12.3. The molecule has 1 aromatic heterocycles. The van der Waals surface area contributed by atoms with E-state index in [1.807, 2.05) is 0 Å². The molecule has 1 fully saturated rings. The molecule has 1 aliphatic carbocycles. The van der Waals surface area contributed by atoms with E-state index in [0.29, 0.717) is 18.6 Å². The zero-order valence-corrected chi connectivity index (χ0v) is 12.6. The van der Waals surface area contributed by atoms with Crippen LogP contribution in [0.25, 0.3) is 0 Å². The van der Waals surface area contributed by atoms with Crippen LogP contribution >= 0.6 is 27.3 Å². The largest absolute Gasteiger partial charge is 0.368 e.